The fourth-order valence-electron chi connectivity index (χ4n) is 3.97. The van der Waals surface area contributed by atoms with Crippen LogP contribution in [0, 0.1) is 0 Å². The van der Waals surface area contributed by atoms with E-state index in [1.54, 1.807) is 0 Å². The van der Waals surface area contributed by atoms with Crippen molar-refractivity contribution in [2.45, 2.75) is 13.8 Å². The van der Waals surface area contributed by atoms with Crippen molar-refractivity contribution in [3.63, 3.8) is 0 Å². The molecule has 0 radical (unpaired) electrons. The van der Waals surface area contributed by atoms with Crippen LogP contribution < -0.4 is 0 Å². The third-order valence-corrected chi connectivity index (χ3v) is 5.54. The van der Waals surface area contributed by atoms with Crippen molar-refractivity contribution >= 4 is 22.3 Å². The van der Waals surface area contributed by atoms with Crippen LogP contribution in [-0.4, -0.2) is 0 Å². The summed E-state index contributed by atoms with van der Waals surface area (Å²) in [6, 6.07) is 42.8. The Morgan fingerprint density at radius 3 is 0.833 bits per heavy atom. The molecule has 0 aliphatic carbocycles. The Hall–Kier alpha value is -3.64. The molecule has 0 spiro atoms. The molecule has 0 atom stereocenters. The van der Waals surface area contributed by atoms with Crippen molar-refractivity contribution in [3.05, 3.63) is 144 Å². The number of benzene rings is 4. The smallest absolute Gasteiger partial charge is 0.00673 e. The van der Waals surface area contributed by atoms with E-state index >= 15 is 0 Å². The monoisotopic (exact) mass is 386 g/mol. The molecule has 0 aliphatic heterocycles. The lowest BCUT2D eigenvalue weighted by atomic mass is 9.83. The Labute approximate surface area is 179 Å². The maximum Gasteiger partial charge on any atom is -0.00673 e. The average molecular weight is 387 g/mol. The van der Waals surface area contributed by atoms with Crippen molar-refractivity contribution in [1.29, 1.82) is 0 Å². The molecule has 30 heavy (non-hydrogen) atoms. The molecule has 4 aromatic rings. The lowest BCUT2D eigenvalue weighted by Gasteiger charge is -2.21. The molecule has 0 nitrogen and oxygen atoms in total. The summed E-state index contributed by atoms with van der Waals surface area (Å²) in [5, 5.41) is 0. The Balaban J connectivity index is 2.07. The van der Waals surface area contributed by atoms with Crippen LogP contribution in [-0.2, 0) is 0 Å². The van der Waals surface area contributed by atoms with Gasteiger partial charge in [-0.2, -0.15) is 0 Å². The van der Waals surface area contributed by atoms with Gasteiger partial charge in [0.1, 0.15) is 0 Å². The lowest BCUT2D eigenvalue weighted by molar-refractivity contribution is 1.51. The summed E-state index contributed by atoms with van der Waals surface area (Å²) in [4.78, 5) is 0. The van der Waals surface area contributed by atoms with Gasteiger partial charge in [-0.05, 0) is 58.4 Å². The minimum absolute atomic E-state index is 1.23. The summed E-state index contributed by atoms with van der Waals surface area (Å²) in [5.74, 6) is 0. The Bertz CT molecular complexity index is 1050. The van der Waals surface area contributed by atoms with E-state index in [2.05, 4.69) is 135 Å². The van der Waals surface area contributed by atoms with Gasteiger partial charge in [0.25, 0.3) is 0 Å². The van der Waals surface area contributed by atoms with E-state index in [0.29, 0.717) is 0 Å². The molecule has 4 aromatic carbocycles. The fourth-order valence-corrected chi connectivity index (χ4v) is 3.97. The van der Waals surface area contributed by atoms with Gasteiger partial charge in [0.2, 0.25) is 0 Å². The van der Waals surface area contributed by atoms with Crippen LogP contribution in [0.2, 0.25) is 0 Å². The largest absolute Gasteiger partial charge is 0.0622 e. The number of allylic oxidation sites excluding steroid dienone is 4. The highest BCUT2D eigenvalue weighted by molar-refractivity contribution is 6.21. The SMILES string of the molecule is C/C(=C(/C(=C(/C)c1ccccc1)c1ccccc1)c1ccccc1)c1ccccc1. The molecule has 0 unspecified atom stereocenters. The highest BCUT2D eigenvalue weighted by Gasteiger charge is 2.18. The zero-order valence-electron chi connectivity index (χ0n) is 17.5. The summed E-state index contributed by atoms with van der Waals surface area (Å²) < 4.78 is 0. The fraction of sp³-hybridized carbons (Fsp3) is 0.0667. The molecule has 0 heterocycles. The number of hydrogen-bond acceptors (Lipinski definition) is 0. The first kappa shape index (κ1) is 19.7. The molecule has 0 aromatic heterocycles. The van der Waals surface area contributed by atoms with E-state index in [4.69, 9.17) is 0 Å². The van der Waals surface area contributed by atoms with E-state index < -0.39 is 0 Å². The standard InChI is InChI=1S/C30H26/c1-23(25-15-7-3-8-16-25)29(27-19-11-5-12-20-27)30(28-21-13-6-14-22-28)24(2)26-17-9-4-10-18-26/h3-22H,1-2H3/b29-23-,30-24-. The second-order valence-corrected chi connectivity index (χ2v) is 7.46. The van der Waals surface area contributed by atoms with Crippen LogP contribution in [0.5, 0.6) is 0 Å². The molecule has 0 amide bonds. The Kier molecular flexibility index (Phi) is 6.06. The first-order chi connectivity index (χ1) is 14.8. The minimum Gasteiger partial charge on any atom is -0.0622 e. The second kappa shape index (κ2) is 9.24. The first-order valence-corrected chi connectivity index (χ1v) is 10.4. The molecule has 0 saturated heterocycles. The van der Waals surface area contributed by atoms with Gasteiger partial charge in [0.05, 0.1) is 0 Å². The van der Waals surface area contributed by atoms with Crippen molar-refractivity contribution in [2.24, 2.45) is 0 Å². The van der Waals surface area contributed by atoms with Gasteiger partial charge in [0.15, 0.2) is 0 Å². The van der Waals surface area contributed by atoms with Crippen LogP contribution in [0.3, 0.4) is 0 Å². The van der Waals surface area contributed by atoms with Gasteiger partial charge in [-0.3, -0.25) is 0 Å². The summed E-state index contributed by atoms with van der Waals surface area (Å²) in [6.45, 7) is 4.47. The van der Waals surface area contributed by atoms with Gasteiger partial charge in [-0.15, -0.1) is 0 Å². The first-order valence-electron chi connectivity index (χ1n) is 10.4. The summed E-state index contributed by atoms with van der Waals surface area (Å²) in [5.41, 5.74) is 10.0. The molecule has 0 saturated carbocycles. The molecule has 0 heteroatoms. The van der Waals surface area contributed by atoms with Gasteiger partial charge in [-0.25, -0.2) is 0 Å². The molecule has 0 N–H and O–H groups in total. The van der Waals surface area contributed by atoms with Crippen molar-refractivity contribution < 1.29 is 0 Å². The van der Waals surface area contributed by atoms with Crippen molar-refractivity contribution in [2.75, 3.05) is 0 Å². The maximum atomic E-state index is 2.24. The zero-order chi connectivity index (χ0) is 20.8. The molecular formula is C30H26. The predicted octanol–water partition coefficient (Wildman–Crippen LogP) is 8.25. The number of hydrogen-bond donors (Lipinski definition) is 0. The normalized spacial score (nSPS) is 12.7. The van der Waals surface area contributed by atoms with Crippen LogP contribution in [0.4, 0.5) is 0 Å². The lowest BCUT2D eigenvalue weighted by Crippen LogP contribution is -1.98. The highest BCUT2D eigenvalue weighted by Crippen LogP contribution is 2.41. The van der Waals surface area contributed by atoms with Crippen LogP contribution in [0.25, 0.3) is 22.3 Å². The Morgan fingerprint density at radius 1 is 0.333 bits per heavy atom. The third-order valence-electron chi connectivity index (χ3n) is 5.54. The summed E-state index contributed by atoms with van der Waals surface area (Å²) >= 11 is 0. The third kappa shape index (κ3) is 4.18. The topological polar surface area (TPSA) is 0 Å². The van der Waals surface area contributed by atoms with Crippen molar-refractivity contribution in [3.8, 4) is 0 Å². The predicted molar refractivity (Wildman–Crippen MR) is 131 cm³/mol. The van der Waals surface area contributed by atoms with E-state index in [0.717, 1.165) is 0 Å². The molecule has 4 rings (SSSR count). The van der Waals surface area contributed by atoms with E-state index in [9.17, 15) is 0 Å². The van der Waals surface area contributed by atoms with E-state index in [-0.39, 0.29) is 0 Å². The molecular weight excluding hydrogens is 360 g/mol. The van der Waals surface area contributed by atoms with E-state index in [1.807, 2.05) is 0 Å². The second-order valence-electron chi connectivity index (χ2n) is 7.46. The van der Waals surface area contributed by atoms with Crippen molar-refractivity contribution in [1.82, 2.24) is 0 Å². The quantitative estimate of drug-likeness (QED) is 0.239. The Morgan fingerprint density at radius 2 is 0.567 bits per heavy atom. The van der Waals surface area contributed by atoms with Gasteiger partial charge >= 0.3 is 0 Å². The van der Waals surface area contributed by atoms with Gasteiger partial charge < -0.3 is 0 Å². The zero-order valence-corrected chi connectivity index (χ0v) is 17.5. The van der Waals surface area contributed by atoms with Gasteiger partial charge in [0, 0.05) is 0 Å². The molecule has 0 fully saturated rings. The minimum atomic E-state index is 1.23. The molecule has 0 bridgehead atoms. The summed E-state index contributed by atoms with van der Waals surface area (Å²) in [7, 11) is 0. The number of rotatable bonds is 5. The molecule has 146 valence electrons. The van der Waals surface area contributed by atoms with Crippen LogP contribution in [0.15, 0.2) is 121 Å². The average Bonchev–Trinajstić information content (AvgIpc) is 2.84. The van der Waals surface area contributed by atoms with Crippen LogP contribution >= 0.6 is 0 Å². The summed E-state index contributed by atoms with van der Waals surface area (Å²) in [6.07, 6.45) is 0. The highest BCUT2D eigenvalue weighted by atomic mass is 14.2. The molecule has 0 aliphatic rings. The van der Waals surface area contributed by atoms with Gasteiger partial charge in [-0.1, -0.05) is 121 Å². The maximum absolute atomic E-state index is 2.24. The van der Waals surface area contributed by atoms with Crippen LogP contribution in [0.1, 0.15) is 36.1 Å². The van der Waals surface area contributed by atoms with E-state index in [1.165, 1.54) is 44.5 Å².